The van der Waals surface area contributed by atoms with Crippen LogP contribution >= 0.6 is 11.9 Å². The van der Waals surface area contributed by atoms with E-state index in [4.69, 9.17) is 0 Å². The molecule has 32 heavy (non-hydrogen) atoms. The third kappa shape index (κ3) is 3.87. The molecule has 1 aliphatic carbocycles. The molecule has 1 saturated carbocycles. The molecule has 1 aliphatic rings. The van der Waals surface area contributed by atoms with Crippen molar-refractivity contribution in [2.24, 2.45) is 7.05 Å². The molecule has 0 amide bonds. The molecule has 0 spiro atoms. The zero-order valence-electron chi connectivity index (χ0n) is 17.2. The standard InChI is InChI=1S/C23H20FN5O2S/c1-28-22(25-13-26-28)17-11-19(20(12-18(17)24)29-8-2-3-9-29)27-32-21-10-15(23(30)31)6-7-16(21)14-4-5-14/h2-3,6-14,27H,4-5H2,1H3,(H,30,31). The average molecular weight is 450 g/mol. The topological polar surface area (TPSA) is 85.0 Å². The smallest absolute Gasteiger partial charge is 0.335 e. The Labute approximate surface area is 188 Å². The molecule has 0 aliphatic heterocycles. The summed E-state index contributed by atoms with van der Waals surface area (Å²) in [6.45, 7) is 0. The zero-order valence-corrected chi connectivity index (χ0v) is 18.0. The summed E-state index contributed by atoms with van der Waals surface area (Å²) in [6, 6.07) is 12.1. The van der Waals surface area contributed by atoms with E-state index in [1.54, 1.807) is 25.2 Å². The first-order chi connectivity index (χ1) is 15.5. The fourth-order valence-corrected chi connectivity index (χ4v) is 4.58. The Bertz CT molecular complexity index is 1300. The van der Waals surface area contributed by atoms with Gasteiger partial charge in [0.15, 0.2) is 5.82 Å². The highest BCUT2D eigenvalue weighted by Crippen LogP contribution is 2.45. The first kappa shape index (κ1) is 20.3. The Balaban J connectivity index is 1.55. The highest BCUT2D eigenvalue weighted by atomic mass is 32.2. The molecule has 0 bridgehead atoms. The third-order valence-electron chi connectivity index (χ3n) is 5.47. The van der Waals surface area contributed by atoms with Crippen molar-refractivity contribution in [1.29, 1.82) is 0 Å². The number of halogens is 1. The summed E-state index contributed by atoms with van der Waals surface area (Å²) in [4.78, 5) is 16.5. The van der Waals surface area contributed by atoms with E-state index < -0.39 is 11.8 Å². The third-order valence-corrected chi connectivity index (χ3v) is 6.36. The summed E-state index contributed by atoms with van der Waals surface area (Å²) in [5, 5.41) is 13.5. The van der Waals surface area contributed by atoms with Crippen molar-refractivity contribution in [2.45, 2.75) is 23.7 Å². The van der Waals surface area contributed by atoms with Crippen molar-refractivity contribution in [1.82, 2.24) is 19.3 Å². The molecule has 0 radical (unpaired) electrons. The minimum absolute atomic E-state index is 0.239. The van der Waals surface area contributed by atoms with Gasteiger partial charge in [0.2, 0.25) is 0 Å². The van der Waals surface area contributed by atoms with Gasteiger partial charge in [-0.15, -0.1) is 0 Å². The number of aromatic nitrogens is 4. The second kappa shape index (κ2) is 8.16. The molecule has 1 fully saturated rings. The maximum atomic E-state index is 15.1. The molecule has 5 rings (SSSR count). The lowest BCUT2D eigenvalue weighted by Gasteiger charge is -2.16. The average Bonchev–Trinajstić information content (AvgIpc) is 3.30. The van der Waals surface area contributed by atoms with Crippen LogP contribution in [-0.2, 0) is 7.05 Å². The molecular formula is C23H20FN5O2S. The molecule has 0 unspecified atom stereocenters. The van der Waals surface area contributed by atoms with Crippen LogP contribution in [0.3, 0.4) is 0 Å². The molecule has 0 saturated heterocycles. The molecule has 2 N–H and O–H groups in total. The first-order valence-corrected chi connectivity index (χ1v) is 10.9. The van der Waals surface area contributed by atoms with E-state index >= 15 is 4.39 Å². The maximum absolute atomic E-state index is 15.1. The van der Waals surface area contributed by atoms with Crippen molar-refractivity contribution >= 4 is 23.6 Å². The first-order valence-electron chi connectivity index (χ1n) is 10.1. The van der Waals surface area contributed by atoms with Gasteiger partial charge >= 0.3 is 5.97 Å². The minimum atomic E-state index is -0.964. The number of hydrogen-bond acceptors (Lipinski definition) is 5. The largest absolute Gasteiger partial charge is 0.478 e. The summed E-state index contributed by atoms with van der Waals surface area (Å²) in [6.07, 6.45) is 7.26. The van der Waals surface area contributed by atoms with Crippen LogP contribution in [0.4, 0.5) is 10.1 Å². The number of aromatic carboxylic acids is 1. The Morgan fingerprint density at radius 1 is 1.22 bits per heavy atom. The highest BCUT2D eigenvalue weighted by Gasteiger charge is 2.27. The number of carbonyl (C=O) groups is 1. The molecule has 2 aromatic carbocycles. The van der Waals surface area contributed by atoms with Gasteiger partial charge in [-0.25, -0.2) is 18.9 Å². The fraction of sp³-hybridized carbons (Fsp3) is 0.174. The highest BCUT2D eigenvalue weighted by molar-refractivity contribution is 8.00. The number of rotatable bonds is 7. The minimum Gasteiger partial charge on any atom is -0.478 e. The molecular weight excluding hydrogens is 429 g/mol. The number of carboxylic acid groups (broad SMARTS) is 1. The fourth-order valence-electron chi connectivity index (χ4n) is 3.66. The summed E-state index contributed by atoms with van der Waals surface area (Å²) < 4.78 is 21.7. The zero-order chi connectivity index (χ0) is 22.2. The van der Waals surface area contributed by atoms with Crippen LogP contribution in [0.25, 0.3) is 17.1 Å². The van der Waals surface area contributed by atoms with E-state index in [9.17, 15) is 9.90 Å². The molecule has 4 aromatic rings. The van der Waals surface area contributed by atoms with Gasteiger partial charge in [-0.1, -0.05) is 6.07 Å². The van der Waals surface area contributed by atoms with Crippen molar-refractivity contribution < 1.29 is 14.3 Å². The number of benzene rings is 2. The molecule has 9 heteroatoms. The summed E-state index contributed by atoms with van der Waals surface area (Å²) >= 11 is 1.34. The van der Waals surface area contributed by atoms with Crippen LogP contribution in [-0.4, -0.2) is 30.4 Å². The number of aryl methyl sites for hydroxylation is 1. The van der Waals surface area contributed by atoms with Gasteiger partial charge < -0.3 is 14.4 Å². The van der Waals surface area contributed by atoms with Crippen LogP contribution in [0.5, 0.6) is 0 Å². The van der Waals surface area contributed by atoms with E-state index in [0.717, 1.165) is 23.3 Å². The number of hydrogen-bond donors (Lipinski definition) is 2. The van der Waals surface area contributed by atoms with Crippen molar-refractivity contribution in [3.8, 4) is 17.1 Å². The lowest BCUT2D eigenvalue weighted by atomic mass is 10.1. The van der Waals surface area contributed by atoms with Crippen molar-refractivity contribution in [3.63, 3.8) is 0 Å². The number of anilines is 1. The van der Waals surface area contributed by atoms with Crippen LogP contribution in [0.15, 0.2) is 66.1 Å². The molecule has 7 nitrogen and oxygen atoms in total. The number of nitrogens with one attached hydrogen (secondary N) is 1. The Hall–Kier alpha value is -3.59. The normalized spacial score (nSPS) is 13.3. The monoisotopic (exact) mass is 449 g/mol. The predicted molar refractivity (Wildman–Crippen MR) is 121 cm³/mol. The van der Waals surface area contributed by atoms with E-state index in [-0.39, 0.29) is 5.56 Å². The lowest BCUT2D eigenvalue weighted by Crippen LogP contribution is -2.03. The molecule has 0 atom stereocenters. The van der Waals surface area contributed by atoms with E-state index in [0.29, 0.717) is 28.7 Å². The van der Waals surface area contributed by atoms with E-state index in [1.807, 2.05) is 35.2 Å². The Morgan fingerprint density at radius 2 is 2.00 bits per heavy atom. The van der Waals surface area contributed by atoms with Crippen LogP contribution < -0.4 is 4.72 Å². The van der Waals surface area contributed by atoms with Crippen LogP contribution in [0.1, 0.15) is 34.7 Å². The van der Waals surface area contributed by atoms with Gasteiger partial charge in [0, 0.05) is 30.4 Å². The maximum Gasteiger partial charge on any atom is 0.335 e. The predicted octanol–water partition coefficient (Wildman–Crippen LogP) is 5.11. The van der Waals surface area contributed by atoms with Gasteiger partial charge in [-0.05, 0) is 66.6 Å². The Morgan fingerprint density at radius 3 is 2.66 bits per heavy atom. The van der Waals surface area contributed by atoms with E-state index in [2.05, 4.69) is 14.8 Å². The second-order valence-corrected chi connectivity index (χ2v) is 8.53. The quantitative estimate of drug-likeness (QED) is 0.382. The van der Waals surface area contributed by atoms with Crippen LogP contribution in [0, 0.1) is 5.82 Å². The summed E-state index contributed by atoms with van der Waals surface area (Å²) in [5.74, 6) is -0.505. The summed E-state index contributed by atoms with van der Waals surface area (Å²) in [5.41, 5.74) is 3.00. The van der Waals surface area contributed by atoms with Gasteiger partial charge in [0.1, 0.15) is 12.1 Å². The van der Waals surface area contributed by atoms with Crippen molar-refractivity contribution in [2.75, 3.05) is 4.72 Å². The number of nitrogens with zero attached hydrogens (tertiary/aromatic N) is 4. The molecule has 2 aromatic heterocycles. The lowest BCUT2D eigenvalue weighted by molar-refractivity contribution is 0.0696. The van der Waals surface area contributed by atoms with Gasteiger partial charge in [0.05, 0.1) is 22.5 Å². The number of carboxylic acids is 1. The Kier molecular flexibility index (Phi) is 5.18. The van der Waals surface area contributed by atoms with Crippen molar-refractivity contribution in [3.05, 3.63) is 78.1 Å². The molecule has 2 heterocycles. The van der Waals surface area contributed by atoms with Crippen LogP contribution in [0.2, 0.25) is 0 Å². The van der Waals surface area contributed by atoms with Gasteiger partial charge in [-0.3, -0.25) is 0 Å². The molecule has 162 valence electrons. The van der Waals surface area contributed by atoms with Gasteiger partial charge in [-0.2, -0.15) is 5.10 Å². The second-order valence-electron chi connectivity index (χ2n) is 7.68. The van der Waals surface area contributed by atoms with E-state index in [1.165, 1.54) is 29.0 Å². The summed E-state index contributed by atoms with van der Waals surface area (Å²) in [7, 11) is 1.71. The van der Waals surface area contributed by atoms with Gasteiger partial charge in [0.25, 0.3) is 0 Å². The SMILES string of the molecule is Cn1ncnc1-c1cc(NSc2cc(C(=O)O)ccc2C2CC2)c(-n2cccc2)cc1F.